The molecule has 0 bridgehead atoms. The van der Waals surface area contributed by atoms with Crippen LogP contribution in [0.15, 0.2) is 24.3 Å². The Bertz CT molecular complexity index is 456. The summed E-state index contributed by atoms with van der Waals surface area (Å²) in [7, 11) is 1.81. The van der Waals surface area contributed by atoms with E-state index in [1.54, 1.807) is 18.2 Å². The maximum atomic E-state index is 11.8. The van der Waals surface area contributed by atoms with Crippen LogP contribution in [-0.4, -0.2) is 30.4 Å². The molecular weight excluding hydrogens is 250 g/mol. The van der Waals surface area contributed by atoms with E-state index < -0.39 is 0 Å². The standard InChI is InChI=1S/C13H16ClN3O/c1-10(7-8-15)17(2)9-13(18)16-12-6-4-3-5-11(12)14/h3-6,10H,7,9H2,1-2H3,(H,16,18). The molecule has 1 aromatic carbocycles. The van der Waals surface area contributed by atoms with Gasteiger partial charge in [-0.25, -0.2) is 0 Å². The molecule has 1 aromatic rings. The van der Waals surface area contributed by atoms with Gasteiger partial charge in [-0.1, -0.05) is 23.7 Å². The van der Waals surface area contributed by atoms with Crippen LogP contribution in [0.25, 0.3) is 0 Å². The molecule has 18 heavy (non-hydrogen) atoms. The van der Waals surface area contributed by atoms with Crippen LogP contribution in [0.3, 0.4) is 0 Å². The molecule has 0 saturated heterocycles. The zero-order valence-corrected chi connectivity index (χ0v) is 11.2. The second-order valence-corrected chi connectivity index (χ2v) is 4.56. The number of nitriles is 1. The Hall–Kier alpha value is -1.57. The Labute approximate surface area is 112 Å². The van der Waals surface area contributed by atoms with Gasteiger partial charge in [-0.05, 0) is 26.1 Å². The summed E-state index contributed by atoms with van der Waals surface area (Å²) in [6.45, 7) is 2.14. The summed E-state index contributed by atoms with van der Waals surface area (Å²) in [5.41, 5.74) is 0.602. The van der Waals surface area contributed by atoms with Gasteiger partial charge in [0, 0.05) is 6.04 Å². The molecule has 1 amide bonds. The fraction of sp³-hybridized carbons (Fsp3) is 0.385. The maximum absolute atomic E-state index is 11.8. The van der Waals surface area contributed by atoms with Crippen molar-refractivity contribution in [3.63, 3.8) is 0 Å². The van der Waals surface area contributed by atoms with Gasteiger partial charge in [0.2, 0.25) is 5.91 Å². The summed E-state index contributed by atoms with van der Waals surface area (Å²) in [5, 5.41) is 11.9. The Morgan fingerprint density at radius 1 is 1.56 bits per heavy atom. The van der Waals surface area contributed by atoms with E-state index in [4.69, 9.17) is 16.9 Å². The van der Waals surface area contributed by atoms with Gasteiger partial charge in [0.15, 0.2) is 0 Å². The Balaban J connectivity index is 2.52. The molecule has 1 atom stereocenters. The van der Waals surface area contributed by atoms with E-state index in [0.29, 0.717) is 17.1 Å². The molecule has 0 aliphatic heterocycles. The average Bonchev–Trinajstić information content (AvgIpc) is 2.32. The van der Waals surface area contributed by atoms with Crippen molar-refractivity contribution in [3.05, 3.63) is 29.3 Å². The van der Waals surface area contributed by atoms with Gasteiger partial charge in [0.1, 0.15) is 0 Å². The molecular formula is C13H16ClN3O. The lowest BCUT2D eigenvalue weighted by molar-refractivity contribution is -0.117. The van der Waals surface area contributed by atoms with Crippen LogP contribution in [0.2, 0.25) is 5.02 Å². The number of hydrogen-bond donors (Lipinski definition) is 1. The highest BCUT2D eigenvalue weighted by Crippen LogP contribution is 2.20. The van der Waals surface area contributed by atoms with Crippen LogP contribution < -0.4 is 5.32 Å². The fourth-order valence-corrected chi connectivity index (χ4v) is 1.61. The number of amides is 1. The van der Waals surface area contributed by atoms with Gasteiger partial charge in [-0.2, -0.15) is 5.26 Å². The average molecular weight is 266 g/mol. The van der Waals surface area contributed by atoms with Crippen molar-refractivity contribution in [3.8, 4) is 6.07 Å². The number of carbonyl (C=O) groups excluding carboxylic acids is 1. The molecule has 0 aliphatic carbocycles. The minimum Gasteiger partial charge on any atom is -0.324 e. The lowest BCUT2D eigenvalue weighted by atomic mass is 10.2. The monoisotopic (exact) mass is 265 g/mol. The van der Waals surface area contributed by atoms with Gasteiger partial charge in [-0.3, -0.25) is 9.69 Å². The molecule has 1 N–H and O–H groups in total. The van der Waals surface area contributed by atoms with Crippen molar-refractivity contribution < 1.29 is 4.79 Å². The highest BCUT2D eigenvalue weighted by molar-refractivity contribution is 6.33. The van der Waals surface area contributed by atoms with E-state index in [-0.39, 0.29) is 18.5 Å². The normalized spacial score (nSPS) is 11.9. The molecule has 0 radical (unpaired) electrons. The second kappa shape index (κ2) is 7.00. The lowest BCUT2D eigenvalue weighted by Crippen LogP contribution is -2.36. The number of anilines is 1. The number of rotatable bonds is 5. The molecule has 5 heteroatoms. The minimum atomic E-state index is -0.143. The Kier molecular flexibility index (Phi) is 5.63. The number of benzene rings is 1. The number of halogens is 1. The summed E-state index contributed by atoms with van der Waals surface area (Å²) in [6.07, 6.45) is 0.399. The highest BCUT2D eigenvalue weighted by Gasteiger charge is 2.13. The summed E-state index contributed by atoms with van der Waals surface area (Å²) in [6, 6.07) is 9.22. The molecule has 0 heterocycles. The number of para-hydroxylation sites is 1. The third-order valence-electron chi connectivity index (χ3n) is 2.68. The van der Waals surface area contributed by atoms with Crippen molar-refractivity contribution in [2.24, 2.45) is 0 Å². The zero-order chi connectivity index (χ0) is 13.5. The highest BCUT2D eigenvalue weighted by atomic mass is 35.5. The zero-order valence-electron chi connectivity index (χ0n) is 10.5. The molecule has 0 spiro atoms. The number of likely N-dealkylation sites (N-methyl/N-ethyl adjacent to an activating group) is 1. The smallest absolute Gasteiger partial charge is 0.238 e. The summed E-state index contributed by atoms with van der Waals surface area (Å²) in [5.74, 6) is -0.143. The van der Waals surface area contributed by atoms with Gasteiger partial charge >= 0.3 is 0 Å². The third-order valence-corrected chi connectivity index (χ3v) is 3.01. The maximum Gasteiger partial charge on any atom is 0.238 e. The fourth-order valence-electron chi connectivity index (χ4n) is 1.42. The summed E-state index contributed by atoms with van der Waals surface area (Å²) in [4.78, 5) is 13.6. The molecule has 0 saturated carbocycles. The van der Waals surface area contributed by atoms with Crippen LogP contribution in [0.5, 0.6) is 0 Å². The van der Waals surface area contributed by atoms with E-state index in [1.165, 1.54) is 0 Å². The van der Waals surface area contributed by atoms with Crippen molar-refractivity contribution in [2.75, 3.05) is 18.9 Å². The molecule has 0 aliphatic rings. The van der Waals surface area contributed by atoms with E-state index in [0.717, 1.165) is 0 Å². The summed E-state index contributed by atoms with van der Waals surface area (Å²) >= 11 is 5.95. The molecule has 1 unspecified atom stereocenters. The second-order valence-electron chi connectivity index (χ2n) is 4.15. The van der Waals surface area contributed by atoms with Crippen LogP contribution >= 0.6 is 11.6 Å². The van der Waals surface area contributed by atoms with E-state index in [2.05, 4.69) is 11.4 Å². The van der Waals surface area contributed by atoms with Crippen LogP contribution in [-0.2, 0) is 4.79 Å². The number of carbonyl (C=O) groups is 1. The third kappa shape index (κ3) is 4.36. The SMILES string of the molecule is CC(CC#N)N(C)CC(=O)Nc1ccccc1Cl. The first-order chi connectivity index (χ1) is 8.54. The van der Waals surface area contributed by atoms with E-state index in [1.807, 2.05) is 24.9 Å². The van der Waals surface area contributed by atoms with Gasteiger partial charge < -0.3 is 5.32 Å². The van der Waals surface area contributed by atoms with Gasteiger partial charge in [0.05, 0.1) is 29.7 Å². The first kappa shape index (κ1) is 14.5. The lowest BCUT2D eigenvalue weighted by Gasteiger charge is -2.21. The molecule has 96 valence electrons. The van der Waals surface area contributed by atoms with Gasteiger partial charge in [-0.15, -0.1) is 0 Å². The number of nitrogens with zero attached hydrogens (tertiary/aromatic N) is 2. The first-order valence-electron chi connectivity index (χ1n) is 5.66. The molecule has 0 fully saturated rings. The summed E-state index contributed by atoms with van der Waals surface area (Å²) < 4.78 is 0. The Morgan fingerprint density at radius 3 is 2.83 bits per heavy atom. The van der Waals surface area contributed by atoms with E-state index >= 15 is 0 Å². The predicted octanol–water partition coefficient (Wildman–Crippen LogP) is 2.51. The van der Waals surface area contributed by atoms with Crippen molar-refractivity contribution >= 4 is 23.2 Å². The van der Waals surface area contributed by atoms with Crippen molar-refractivity contribution in [2.45, 2.75) is 19.4 Å². The van der Waals surface area contributed by atoms with Crippen LogP contribution in [0.4, 0.5) is 5.69 Å². The van der Waals surface area contributed by atoms with Gasteiger partial charge in [0.25, 0.3) is 0 Å². The molecule has 1 rings (SSSR count). The Morgan fingerprint density at radius 2 is 2.22 bits per heavy atom. The number of nitrogens with one attached hydrogen (secondary N) is 1. The first-order valence-corrected chi connectivity index (χ1v) is 6.04. The topological polar surface area (TPSA) is 56.1 Å². The number of hydrogen-bond acceptors (Lipinski definition) is 3. The quantitative estimate of drug-likeness (QED) is 0.890. The molecule has 4 nitrogen and oxygen atoms in total. The van der Waals surface area contributed by atoms with Crippen molar-refractivity contribution in [1.82, 2.24) is 4.90 Å². The van der Waals surface area contributed by atoms with E-state index in [9.17, 15) is 4.79 Å². The van der Waals surface area contributed by atoms with Crippen molar-refractivity contribution in [1.29, 1.82) is 5.26 Å². The largest absolute Gasteiger partial charge is 0.324 e. The van der Waals surface area contributed by atoms with Crippen LogP contribution in [0, 0.1) is 11.3 Å². The minimum absolute atomic E-state index is 0.0481. The predicted molar refractivity (Wildman–Crippen MR) is 72.4 cm³/mol. The van der Waals surface area contributed by atoms with Crippen LogP contribution in [0.1, 0.15) is 13.3 Å². The molecule has 0 aromatic heterocycles.